The highest BCUT2D eigenvalue weighted by Gasteiger charge is 2.45. The number of hydrogen-bond acceptors (Lipinski definition) is 6. The predicted molar refractivity (Wildman–Crippen MR) is 101 cm³/mol. The van der Waals surface area contributed by atoms with E-state index < -0.39 is 41.9 Å². The zero-order valence-electron chi connectivity index (χ0n) is 15.6. The number of alkyl halides is 3. The molecule has 4 atom stereocenters. The second-order valence-corrected chi connectivity index (χ2v) is 7.22. The van der Waals surface area contributed by atoms with Crippen LogP contribution in [0.25, 0.3) is 0 Å². The first-order valence-electron chi connectivity index (χ1n) is 9.15. The van der Waals surface area contributed by atoms with E-state index in [-0.39, 0.29) is 35.7 Å². The number of nitrogens with one attached hydrogen (secondary N) is 2. The predicted octanol–water partition coefficient (Wildman–Crippen LogP) is 2.35. The number of nitrogens with zero attached hydrogens (tertiary/aromatic N) is 2. The van der Waals surface area contributed by atoms with Crippen molar-refractivity contribution in [3.8, 4) is 0 Å². The Morgan fingerprint density at radius 1 is 1.34 bits per heavy atom. The monoisotopic (exact) mass is 414 g/mol. The molecular weight excluding hydrogens is 392 g/mol. The summed E-state index contributed by atoms with van der Waals surface area (Å²) in [7, 11) is 0. The van der Waals surface area contributed by atoms with Crippen molar-refractivity contribution in [3.05, 3.63) is 29.2 Å². The van der Waals surface area contributed by atoms with Gasteiger partial charge in [0, 0.05) is 18.7 Å². The molecule has 1 aromatic rings. The van der Waals surface area contributed by atoms with Gasteiger partial charge in [-0.3, -0.25) is 9.79 Å². The van der Waals surface area contributed by atoms with Crippen molar-refractivity contribution in [2.24, 2.45) is 16.5 Å². The van der Waals surface area contributed by atoms with Gasteiger partial charge >= 0.3 is 0 Å². The Kier molecular flexibility index (Phi) is 5.78. The molecule has 2 unspecified atom stereocenters. The number of primary amides is 1. The molecule has 2 aliphatic rings. The second-order valence-electron chi connectivity index (χ2n) is 7.22. The number of anilines is 2. The smallest absolute Gasteiger partial charge is 0.264 e. The Bertz CT molecular complexity index is 859. The van der Waals surface area contributed by atoms with Crippen LogP contribution in [0.1, 0.15) is 36.5 Å². The number of carbonyl (C=O) groups excluding carboxylic acids is 1. The normalized spacial score (nSPS) is 28.6. The number of allylic oxidation sites excluding steroid dienone is 1. The van der Waals surface area contributed by atoms with Gasteiger partial charge in [-0.1, -0.05) is 0 Å². The summed E-state index contributed by atoms with van der Waals surface area (Å²) in [6.45, 7) is 1.59. The second kappa shape index (κ2) is 7.97. The van der Waals surface area contributed by atoms with Crippen molar-refractivity contribution in [2.45, 2.75) is 56.4 Å². The molecule has 0 bridgehead atoms. The van der Waals surface area contributed by atoms with Crippen LogP contribution in [-0.4, -0.2) is 47.3 Å². The topological polar surface area (TPSA) is 118 Å². The molecule has 0 spiro atoms. The zero-order valence-corrected chi connectivity index (χ0v) is 15.6. The van der Waals surface area contributed by atoms with Crippen LogP contribution in [0, 0.1) is 5.82 Å². The molecule has 7 nitrogen and oxygen atoms in total. The van der Waals surface area contributed by atoms with Gasteiger partial charge in [0.15, 0.2) is 11.6 Å². The Morgan fingerprint density at radius 2 is 2.07 bits per heavy atom. The standard InChI is InChI=1S/C18H22F4N6O/c1-8-11(19)5-9(7-25-8)26-16-10(15(24)29)6-12(20)17(28-16)27-13-3-2-4-18(21,22)14(13)23/h5-8,11,13-14H,2-4,23H2,1H3,(H2,24,29)(H2,26,27,28)/t8?,11?,13-,14-/m1/s1. The molecule has 0 saturated heterocycles. The molecule has 1 aliphatic heterocycles. The lowest BCUT2D eigenvalue weighted by Crippen LogP contribution is -2.55. The van der Waals surface area contributed by atoms with E-state index in [9.17, 15) is 22.4 Å². The van der Waals surface area contributed by atoms with Gasteiger partial charge in [-0.2, -0.15) is 0 Å². The lowest BCUT2D eigenvalue weighted by Gasteiger charge is -2.36. The molecule has 1 fully saturated rings. The van der Waals surface area contributed by atoms with E-state index in [1.807, 2.05) is 0 Å². The summed E-state index contributed by atoms with van der Waals surface area (Å²) in [5.41, 5.74) is 10.8. The summed E-state index contributed by atoms with van der Waals surface area (Å²) >= 11 is 0. The Labute approximate surface area is 164 Å². The fraction of sp³-hybridized carbons (Fsp3) is 0.500. The number of aliphatic imine (C=N–C) groups is 1. The number of hydrogen-bond donors (Lipinski definition) is 4. The van der Waals surface area contributed by atoms with E-state index in [0.29, 0.717) is 6.42 Å². The van der Waals surface area contributed by atoms with Crippen molar-refractivity contribution in [3.63, 3.8) is 0 Å². The van der Waals surface area contributed by atoms with Crippen molar-refractivity contribution in [1.82, 2.24) is 4.98 Å². The van der Waals surface area contributed by atoms with Crippen molar-refractivity contribution < 1.29 is 22.4 Å². The summed E-state index contributed by atoms with van der Waals surface area (Å²) in [5.74, 6) is -5.53. The molecular formula is C18H22F4N6O. The van der Waals surface area contributed by atoms with Gasteiger partial charge in [0.05, 0.1) is 23.3 Å². The SMILES string of the molecule is CC1N=CC(Nc2nc(N[C@@H]3CCCC(F)(F)[C@@H]3N)c(F)cc2C(N)=O)=CC1F. The highest BCUT2D eigenvalue weighted by Crippen LogP contribution is 2.34. The average molecular weight is 414 g/mol. The van der Waals surface area contributed by atoms with E-state index >= 15 is 0 Å². The number of nitrogens with two attached hydrogens (primary N) is 2. The molecule has 6 N–H and O–H groups in total. The quantitative estimate of drug-likeness (QED) is 0.552. The van der Waals surface area contributed by atoms with Crippen LogP contribution in [0.15, 0.2) is 22.8 Å². The molecule has 0 radical (unpaired) electrons. The molecule has 0 aromatic carbocycles. The van der Waals surface area contributed by atoms with Crippen LogP contribution in [-0.2, 0) is 0 Å². The first kappa shape index (κ1) is 21.0. The maximum absolute atomic E-state index is 14.5. The van der Waals surface area contributed by atoms with Gasteiger partial charge in [-0.15, -0.1) is 0 Å². The third-order valence-electron chi connectivity index (χ3n) is 5.02. The third-order valence-corrected chi connectivity index (χ3v) is 5.02. The highest BCUT2D eigenvalue weighted by atomic mass is 19.3. The molecule has 1 saturated carbocycles. The highest BCUT2D eigenvalue weighted by molar-refractivity contribution is 5.99. The van der Waals surface area contributed by atoms with Gasteiger partial charge in [-0.25, -0.2) is 22.5 Å². The fourth-order valence-electron chi connectivity index (χ4n) is 3.25. The minimum Gasteiger partial charge on any atom is -0.365 e. The largest absolute Gasteiger partial charge is 0.365 e. The molecule has 3 rings (SSSR count). The number of pyridine rings is 1. The fourth-order valence-corrected chi connectivity index (χ4v) is 3.25. The molecule has 2 heterocycles. The molecule has 158 valence electrons. The van der Waals surface area contributed by atoms with Gasteiger partial charge in [0.1, 0.15) is 12.0 Å². The van der Waals surface area contributed by atoms with Crippen LogP contribution >= 0.6 is 0 Å². The van der Waals surface area contributed by atoms with Crippen molar-refractivity contribution >= 4 is 23.8 Å². The minimum atomic E-state index is -3.09. The van der Waals surface area contributed by atoms with Crippen LogP contribution < -0.4 is 22.1 Å². The van der Waals surface area contributed by atoms with E-state index in [1.54, 1.807) is 6.92 Å². The van der Waals surface area contributed by atoms with Crippen LogP contribution in [0.3, 0.4) is 0 Å². The summed E-state index contributed by atoms with van der Waals surface area (Å²) in [5, 5.41) is 5.29. The first-order chi connectivity index (χ1) is 13.6. The lowest BCUT2D eigenvalue weighted by molar-refractivity contribution is -0.0555. The Hall–Kier alpha value is -2.69. The maximum atomic E-state index is 14.5. The number of halogens is 4. The van der Waals surface area contributed by atoms with E-state index in [4.69, 9.17) is 11.5 Å². The van der Waals surface area contributed by atoms with Gasteiger partial charge in [0.2, 0.25) is 0 Å². The molecule has 1 amide bonds. The molecule has 29 heavy (non-hydrogen) atoms. The minimum absolute atomic E-state index is 0.156. The number of dihydropyridines is 1. The number of rotatable bonds is 5. The number of amides is 1. The van der Waals surface area contributed by atoms with Gasteiger partial charge in [-0.05, 0) is 31.9 Å². The molecule has 11 heteroatoms. The Morgan fingerprint density at radius 3 is 2.72 bits per heavy atom. The van der Waals surface area contributed by atoms with E-state index in [2.05, 4.69) is 20.6 Å². The summed E-state index contributed by atoms with van der Waals surface area (Å²) in [4.78, 5) is 19.6. The number of carbonyl (C=O) groups is 1. The third kappa shape index (κ3) is 4.50. The molecule has 1 aromatic heterocycles. The maximum Gasteiger partial charge on any atom is 0.264 e. The van der Waals surface area contributed by atoms with E-state index in [1.165, 1.54) is 12.3 Å². The van der Waals surface area contributed by atoms with Gasteiger partial charge in [0.25, 0.3) is 11.8 Å². The van der Waals surface area contributed by atoms with Crippen molar-refractivity contribution in [2.75, 3.05) is 10.6 Å². The van der Waals surface area contributed by atoms with E-state index in [0.717, 1.165) is 6.07 Å². The first-order valence-corrected chi connectivity index (χ1v) is 9.15. The van der Waals surface area contributed by atoms with Crippen molar-refractivity contribution in [1.29, 1.82) is 0 Å². The lowest BCUT2D eigenvalue weighted by atomic mass is 9.87. The summed E-state index contributed by atoms with van der Waals surface area (Å²) < 4.78 is 56.1. The summed E-state index contributed by atoms with van der Waals surface area (Å²) in [6, 6.07) is -2.17. The zero-order chi connectivity index (χ0) is 21.3. The molecule has 1 aliphatic carbocycles. The number of aromatic nitrogens is 1. The van der Waals surface area contributed by atoms with Gasteiger partial charge < -0.3 is 22.1 Å². The average Bonchev–Trinajstić information content (AvgIpc) is 2.64. The Balaban J connectivity index is 1.89. The van der Waals surface area contributed by atoms with Crippen LogP contribution in [0.2, 0.25) is 0 Å². The summed E-state index contributed by atoms with van der Waals surface area (Å²) in [6.07, 6.45) is 1.40. The van der Waals surface area contributed by atoms with Crippen LogP contribution in [0.5, 0.6) is 0 Å². The van der Waals surface area contributed by atoms with Crippen LogP contribution in [0.4, 0.5) is 29.2 Å².